The lowest BCUT2D eigenvalue weighted by atomic mass is 9.87. The van der Waals surface area contributed by atoms with E-state index in [9.17, 15) is 4.39 Å². The maximum Gasteiger partial charge on any atom is 0.525 e. The van der Waals surface area contributed by atoms with Gasteiger partial charge in [-0.15, -0.1) is 0 Å². The average Bonchev–Trinajstić information content (AvgIpc) is 2.82. The second-order valence-corrected chi connectivity index (χ2v) is 5.84. The number of aryl methyl sites for hydroxylation is 1. The van der Waals surface area contributed by atoms with Crippen molar-refractivity contribution in [2.24, 2.45) is 0 Å². The van der Waals surface area contributed by atoms with Gasteiger partial charge < -0.3 is 13.9 Å². The van der Waals surface area contributed by atoms with Crippen molar-refractivity contribution in [3.63, 3.8) is 0 Å². The molecule has 0 saturated carbocycles. The van der Waals surface area contributed by atoms with E-state index in [4.69, 9.17) is 9.31 Å². The first kappa shape index (κ1) is 14.3. The van der Waals surface area contributed by atoms with E-state index < -0.39 is 24.0 Å². The molecule has 104 valence electrons. The second kappa shape index (κ2) is 4.80. The lowest BCUT2D eigenvalue weighted by Gasteiger charge is -2.32. The highest BCUT2D eigenvalue weighted by atomic mass is 19.1. The highest BCUT2D eigenvalue weighted by molar-refractivity contribution is 6.54. The van der Waals surface area contributed by atoms with E-state index in [1.807, 2.05) is 57.5 Å². The van der Waals surface area contributed by atoms with Crippen molar-refractivity contribution >= 4 is 13.2 Å². The summed E-state index contributed by atoms with van der Waals surface area (Å²) in [4.78, 5) is 0. The maximum absolute atomic E-state index is 14.3. The van der Waals surface area contributed by atoms with E-state index in [2.05, 4.69) is 0 Å². The zero-order chi connectivity index (χ0) is 14.3. The molecule has 1 saturated heterocycles. The Kier molecular flexibility index (Phi) is 3.62. The third-order valence-corrected chi connectivity index (χ3v) is 3.97. The Morgan fingerprint density at radius 1 is 1.32 bits per heavy atom. The molecule has 5 heteroatoms. The van der Waals surface area contributed by atoms with Gasteiger partial charge in [0.25, 0.3) is 0 Å². The van der Waals surface area contributed by atoms with Crippen LogP contribution in [0.4, 0.5) is 4.39 Å². The summed E-state index contributed by atoms with van der Waals surface area (Å²) in [6.45, 7) is 10.5. The number of hydrogen-bond acceptors (Lipinski definition) is 2. The average molecular weight is 265 g/mol. The van der Waals surface area contributed by atoms with E-state index in [0.29, 0.717) is 0 Å². The second-order valence-electron chi connectivity index (χ2n) is 5.84. The first-order chi connectivity index (χ1) is 8.77. The molecule has 19 heavy (non-hydrogen) atoms. The molecule has 0 amide bonds. The molecule has 1 aromatic heterocycles. The molecular formula is C14H21BFNO2. The molecule has 1 aromatic rings. The normalized spacial score (nSPS) is 22.0. The van der Waals surface area contributed by atoms with Crippen molar-refractivity contribution in [1.29, 1.82) is 0 Å². The van der Waals surface area contributed by atoms with Crippen LogP contribution in [0, 0.1) is 0 Å². The van der Waals surface area contributed by atoms with Crippen LogP contribution >= 0.6 is 0 Å². The van der Waals surface area contributed by atoms with Crippen LogP contribution in [0.15, 0.2) is 24.1 Å². The standard InChI is InChI=1S/C14H21BFNO2/c1-6-17-9-7-8-11(17)10-12(16)15-18-13(2,3)14(4,5)19-15/h7-10H,6H2,1-5H3. The topological polar surface area (TPSA) is 23.4 Å². The number of nitrogens with zero attached hydrogens (tertiary/aromatic N) is 1. The van der Waals surface area contributed by atoms with Crippen LogP contribution < -0.4 is 0 Å². The predicted octanol–water partition coefficient (Wildman–Crippen LogP) is 3.45. The fourth-order valence-corrected chi connectivity index (χ4v) is 2.01. The predicted molar refractivity (Wildman–Crippen MR) is 75.3 cm³/mol. The van der Waals surface area contributed by atoms with E-state index in [1.54, 1.807) is 0 Å². The molecular weight excluding hydrogens is 244 g/mol. The molecule has 0 atom stereocenters. The summed E-state index contributed by atoms with van der Waals surface area (Å²) in [5.41, 5.74) is -0.618. The zero-order valence-corrected chi connectivity index (χ0v) is 12.2. The molecule has 3 nitrogen and oxygen atoms in total. The van der Waals surface area contributed by atoms with Crippen LogP contribution in [0.3, 0.4) is 0 Å². The number of rotatable bonds is 3. The van der Waals surface area contributed by atoms with Gasteiger partial charge >= 0.3 is 7.12 Å². The number of halogens is 1. The van der Waals surface area contributed by atoms with Gasteiger partial charge in [0.15, 0.2) is 0 Å². The molecule has 0 spiro atoms. The molecule has 0 aromatic carbocycles. The van der Waals surface area contributed by atoms with E-state index in [-0.39, 0.29) is 0 Å². The molecule has 1 aliphatic rings. The van der Waals surface area contributed by atoms with Gasteiger partial charge in [-0.3, -0.25) is 0 Å². The Morgan fingerprint density at radius 2 is 1.89 bits per heavy atom. The summed E-state index contributed by atoms with van der Waals surface area (Å²) < 4.78 is 27.6. The SMILES string of the molecule is CCn1cccc1C=C(F)B1OC(C)(C)C(C)(C)O1. The molecule has 0 radical (unpaired) electrons. The van der Waals surface area contributed by atoms with Crippen LogP contribution in [-0.2, 0) is 15.9 Å². The van der Waals surface area contributed by atoms with Crippen molar-refractivity contribution in [2.45, 2.75) is 52.4 Å². The Hall–Kier alpha value is -1.07. The van der Waals surface area contributed by atoms with Crippen molar-refractivity contribution < 1.29 is 13.7 Å². The summed E-state index contributed by atoms with van der Waals surface area (Å²) >= 11 is 0. The third-order valence-electron chi connectivity index (χ3n) is 3.97. The van der Waals surface area contributed by atoms with Crippen LogP contribution in [0.5, 0.6) is 0 Å². The molecule has 2 rings (SSSR count). The van der Waals surface area contributed by atoms with Crippen molar-refractivity contribution in [1.82, 2.24) is 4.57 Å². The Balaban J connectivity index is 2.20. The summed E-state index contributed by atoms with van der Waals surface area (Å²) in [5, 5.41) is 0. The minimum atomic E-state index is -0.926. The lowest BCUT2D eigenvalue weighted by molar-refractivity contribution is 0.00578. The Labute approximate surface area is 114 Å². The van der Waals surface area contributed by atoms with Crippen LogP contribution in [-0.4, -0.2) is 22.9 Å². The minimum Gasteiger partial charge on any atom is -0.398 e. The number of hydrogen-bond donors (Lipinski definition) is 0. The molecule has 1 aliphatic heterocycles. The van der Waals surface area contributed by atoms with E-state index in [0.717, 1.165) is 12.2 Å². The molecule has 0 unspecified atom stereocenters. The van der Waals surface area contributed by atoms with Gasteiger partial charge in [0, 0.05) is 18.4 Å². The third kappa shape index (κ3) is 2.62. The first-order valence-electron chi connectivity index (χ1n) is 6.65. The lowest BCUT2D eigenvalue weighted by Crippen LogP contribution is -2.41. The summed E-state index contributed by atoms with van der Waals surface area (Å²) in [7, 11) is -0.926. The molecule has 1 fully saturated rings. The van der Waals surface area contributed by atoms with E-state index >= 15 is 0 Å². The van der Waals surface area contributed by atoms with Crippen LogP contribution in [0.25, 0.3) is 6.08 Å². The smallest absolute Gasteiger partial charge is 0.398 e. The van der Waals surface area contributed by atoms with Crippen molar-refractivity contribution in [3.8, 4) is 0 Å². The summed E-state index contributed by atoms with van der Waals surface area (Å²) in [6.07, 6.45) is 3.40. The number of aromatic nitrogens is 1. The van der Waals surface area contributed by atoms with Crippen molar-refractivity contribution in [3.05, 3.63) is 29.7 Å². The maximum atomic E-state index is 14.3. The van der Waals surface area contributed by atoms with Crippen molar-refractivity contribution in [2.75, 3.05) is 0 Å². The van der Waals surface area contributed by atoms with Gasteiger partial charge in [0.2, 0.25) is 0 Å². The largest absolute Gasteiger partial charge is 0.525 e. The first-order valence-corrected chi connectivity index (χ1v) is 6.65. The van der Waals surface area contributed by atoms with Gasteiger partial charge in [-0.2, -0.15) is 0 Å². The Morgan fingerprint density at radius 3 is 2.42 bits per heavy atom. The molecule has 0 N–H and O–H groups in total. The molecule has 0 aliphatic carbocycles. The fraction of sp³-hybridized carbons (Fsp3) is 0.571. The van der Waals surface area contributed by atoms with Crippen LogP contribution in [0.2, 0.25) is 0 Å². The van der Waals surface area contributed by atoms with Gasteiger partial charge in [-0.05, 0) is 52.8 Å². The van der Waals surface area contributed by atoms with Gasteiger partial charge in [0.05, 0.1) is 11.2 Å². The zero-order valence-electron chi connectivity index (χ0n) is 12.2. The quantitative estimate of drug-likeness (QED) is 0.781. The van der Waals surface area contributed by atoms with Gasteiger partial charge in [-0.1, -0.05) is 0 Å². The minimum absolute atomic E-state index is 0.396. The molecule has 0 bridgehead atoms. The Bertz CT molecular complexity index is 477. The fourth-order valence-electron chi connectivity index (χ4n) is 2.01. The van der Waals surface area contributed by atoms with Crippen LogP contribution in [0.1, 0.15) is 40.3 Å². The van der Waals surface area contributed by atoms with Gasteiger partial charge in [0.1, 0.15) is 5.73 Å². The highest BCUT2D eigenvalue weighted by Gasteiger charge is 2.53. The monoisotopic (exact) mass is 265 g/mol. The van der Waals surface area contributed by atoms with E-state index in [1.165, 1.54) is 6.08 Å². The summed E-state index contributed by atoms with van der Waals surface area (Å²) in [6, 6.07) is 3.77. The van der Waals surface area contributed by atoms with Gasteiger partial charge in [-0.25, -0.2) is 4.39 Å². The summed E-state index contributed by atoms with van der Waals surface area (Å²) in [5.74, 6) is 0. The highest BCUT2D eigenvalue weighted by Crippen LogP contribution is 2.39. The molecule has 2 heterocycles.